The Bertz CT molecular complexity index is 1580. The highest BCUT2D eigenvalue weighted by Gasteiger charge is 2.23. The second-order valence-corrected chi connectivity index (χ2v) is 10.1. The van der Waals surface area contributed by atoms with Gasteiger partial charge >= 0.3 is 5.76 Å². The fourth-order valence-corrected chi connectivity index (χ4v) is 4.76. The Labute approximate surface area is 226 Å². The Hall–Kier alpha value is -4.27. The van der Waals surface area contributed by atoms with Gasteiger partial charge in [0.25, 0.3) is 5.56 Å². The Kier molecular flexibility index (Phi) is 7.86. The van der Waals surface area contributed by atoms with Crippen LogP contribution in [-0.4, -0.2) is 31.6 Å². The van der Waals surface area contributed by atoms with Crippen LogP contribution in [0.15, 0.2) is 62.6 Å². The van der Waals surface area contributed by atoms with Crippen molar-refractivity contribution < 1.29 is 9.32 Å². The molecule has 202 valence electrons. The lowest BCUT2D eigenvalue weighted by Crippen LogP contribution is -2.32. The summed E-state index contributed by atoms with van der Waals surface area (Å²) >= 11 is 0. The van der Waals surface area contributed by atoms with Gasteiger partial charge in [0.2, 0.25) is 5.91 Å². The third kappa shape index (κ3) is 6.25. The van der Waals surface area contributed by atoms with Crippen LogP contribution < -0.4 is 16.6 Å². The maximum absolute atomic E-state index is 13.7. The van der Waals surface area contributed by atoms with E-state index in [9.17, 15) is 14.4 Å². The summed E-state index contributed by atoms with van der Waals surface area (Å²) < 4.78 is 6.46. The summed E-state index contributed by atoms with van der Waals surface area (Å²) in [6.45, 7) is 4.38. The van der Waals surface area contributed by atoms with E-state index in [-0.39, 0.29) is 17.9 Å². The second-order valence-electron chi connectivity index (χ2n) is 10.1. The average molecular weight is 528 g/mol. The van der Waals surface area contributed by atoms with Crippen molar-refractivity contribution in [2.24, 2.45) is 0 Å². The molecule has 2 aromatic carbocycles. The van der Waals surface area contributed by atoms with Gasteiger partial charge in [-0.15, -0.1) is 0 Å². The zero-order valence-corrected chi connectivity index (χ0v) is 22.3. The second kappa shape index (κ2) is 11.6. The van der Waals surface area contributed by atoms with Crippen LogP contribution in [0.3, 0.4) is 0 Å². The molecule has 39 heavy (non-hydrogen) atoms. The zero-order valence-electron chi connectivity index (χ0n) is 22.3. The zero-order chi connectivity index (χ0) is 27.4. The quantitative estimate of drug-likeness (QED) is 0.302. The Morgan fingerprint density at radius 2 is 1.82 bits per heavy atom. The summed E-state index contributed by atoms with van der Waals surface area (Å²) in [6, 6.07) is 15.9. The molecule has 0 spiro atoms. The molecule has 0 aliphatic heterocycles. The maximum atomic E-state index is 13.7. The molecule has 1 fully saturated rings. The number of aromatic amines is 1. The molecule has 4 aromatic rings. The van der Waals surface area contributed by atoms with E-state index in [0.717, 1.165) is 60.2 Å². The van der Waals surface area contributed by atoms with Gasteiger partial charge in [-0.1, -0.05) is 67.0 Å². The minimum absolute atomic E-state index is 0.0107. The first-order valence-corrected chi connectivity index (χ1v) is 13.6. The van der Waals surface area contributed by atoms with Crippen LogP contribution in [0, 0.1) is 6.92 Å². The van der Waals surface area contributed by atoms with E-state index < -0.39 is 5.76 Å². The number of carbonyl (C=O) groups excluding carboxylic acids is 1. The van der Waals surface area contributed by atoms with Gasteiger partial charge in [-0.3, -0.25) is 23.7 Å². The van der Waals surface area contributed by atoms with Gasteiger partial charge < -0.3 is 5.32 Å². The lowest BCUT2D eigenvalue weighted by Gasteiger charge is -2.16. The van der Waals surface area contributed by atoms with Crippen LogP contribution in [0.25, 0.3) is 22.5 Å². The summed E-state index contributed by atoms with van der Waals surface area (Å²) in [6.07, 6.45) is 5.40. The smallest absolute Gasteiger partial charge is 0.353 e. The maximum Gasteiger partial charge on any atom is 0.439 e. The molecule has 1 amide bonds. The topological polar surface area (TPSA) is 123 Å². The number of nitrogens with zero attached hydrogens (tertiary/aromatic N) is 3. The minimum Gasteiger partial charge on any atom is -0.353 e. The third-order valence-corrected chi connectivity index (χ3v) is 7.07. The molecule has 0 atom stereocenters. The van der Waals surface area contributed by atoms with E-state index in [4.69, 9.17) is 9.51 Å². The van der Waals surface area contributed by atoms with Gasteiger partial charge in [0.15, 0.2) is 5.82 Å². The Balaban J connectivity index is 1.41. The Morgan fingerprint density at radius 3 is 2.49 bits per heavy atom. The average Bonchev–Trinajstić information content (AvgIpc) is 3.65. The monoisotopic (exact) mass is 527 g/mol. The number of nitrogens with one attached hydrogen (secondary N) is 2. The summed E-state index contributed by atoms with van der Waals surface area (Å²) in [5.41, 5.74) is 4.81. The van der Waals surface area contributed by atoms with Crippen molar-refractivity contribution in [3.8, 4) is 22.5 Å². The standard InChI is InChI=1S/C30H33N5O4/c1-3-4-9-26-31-19(2)23(16-17-27(36)32-22-14-15-22)29(37)35(26)18-20-10-12-21(13-11-20)24-7-5-6-8-25(24)28-33-30(38)39-34-28/h5-8,10-13,22H,3-4,9,14-18H2,1-2H3,(H,32,36)(H,33,34,38). The molecule has 2 N–H and O–H groups in total. The van der Waals surface area contributed by atoms with Gasteiger partial charge in [0.1, 0.15) is 5.82 Å². The molecule has 2 heterocycles. The first kappa shape index (κ1) is 26.3. The number of H-pyrrole nitrogens is 1. The van der Waals surface area contributed by atoms with Crippen molar-refractivity contribution in [3.63, 3.8) is 0 Å². The molecule has 0 unspecified atom stereocenters. The van der Waals surface area contributed by atoms with E-state index >= 15 is 0 Å². The van der Waals surface area contributed by atoms with Gasteiger partial charge in [-0.2, -0.15) is 0 Å². The van der Waals surface area contributed by atoms with Gasteiger partial charge in [-0.05, 0) is 49.3 Å². The molecule has 1 aliphatic carbocycles. The summed E-state index contributed by atoms with van der Waals surface area (Å²) in [4.78, 5) is 44.8. The van der Waals surface area contributed by atoms with Gasteiger partial charge in [-0.25, -0.2) is 9.78 Å². The van der Waals surface area contributed by atoms with Crippen LogP contribution in [-0.2, 0) is 24.2 Å². The largest absolute Gasteiger partial charge is 0.439 e. The SMILES string of the molecule is CCCCc1nc(C)c(CCC(=O)NC2CC2)c(=O)n1Cc1ccc(-c2ccccc2-c2noc(=O)[nH]2)cc1. The predicted octanol–water partition coefficient (Wildman–Crippen LogP) is 4.16. The van der Waals surface area contributed by atoms with E-state index in [0.29, 0.717) is 36.1 Å². The van der Waals surface area contributed by atoms with Crippen LogP contribution >= 0.6 is 0 Å². The number of carbonyl (C=O) groups is 1. The van der Waals surface area contributed by atoms with Crippen molar-refractivity contribution in [3.05, 3.63) is 92.1 Å². The van der Waals surface area contributed by atoms with Crippen LogP contribution in [0.5, 0.6) is 0 Å². The van der Waals surface area contributed by atoms with Gasteiger partial charge in [0, 0.05) is 35.7 Å². The molecule has 0 saturated heterocycles. The van der Waals surface area contributed by atoms with Crippen LogP contribution in [0.2, 0.25) is 0 Å². The van der Waals surface area contributed by atoms with E-state index in [1.165, 1.54) is 0 Å². The summed E-state index contributed by atoms with van der Waals surface area (Å²) in [5.74, 6) is 0.531. The highest BCUT2D eigenvalue weighted by Crippen LogP contribution is 2.30. The molecule has 1 saturated carbocycles. The lowest BCUT2D eigenvalue weighted by atomic mass is 9.98. The van der Waals surface area contributed by atoms with E-state index in [1.54, 1.807) is 4.57 Å². The molecule has 0 radical (unpaired) electrons. The first-order valence-electron chi connectivity index (χ1n) is 13.6. The summed E-state index contributed by atoms with van der Waals surface area (Å²) in [7, 11) is 0. The van der Waals surface area contributed by atoms with Crippen molar-refractivity contribution in [2.45, 2.75) is 71.4 Å². The molecule has 1 aliphatic rings. The highest BCUT2D eigenvalue weighted by atomic mass is 16.5. The molecule has 2 aromatic heterocycles. The Morgan fingerprint density at radius 1 is 1.08 bits per heavy atom. The summed E-state index contributed by atoms with van der Waals surface area (Å²) in [5, 5.41) is 6.83. The van der Waals surface area contributed by atoms with Crippen molar-refractivity contribution in [2.75, 3.05) is 0 Å². The lowest BCUT2D eigenvalue weighted by molar-refractivity contribution is -0.121. The normalized spacial score (nSPS) is 13.0. The number of amides is 1. The van der Waals surface area contributed by atoms with E-state index in [1.807, 2.05) is 55.5 Å². The fraction of sp³-hybridized carbons (Fsp3) is 0.367. The number of benzene rings is 2. The van der Waals surface area contributed by atoms with Crippen molar-refractivity contribution in [1.82, 2.24) is 25.0 Å². The number of rotatable bonds is 11. The minimum atomic E-state index is -0.603. The third-order valence-electron chi connectivity index (χ3n) is 7.07. The number of unbranched alkanes of at least 4 members (excludes halogenated alkanes) is 1. The van der Waals surface area contributed by atoms with E-state index in [2.05, 4.69) is 22.4 Å². The van der Waals surface area contributed by atoms with Crippen molar-refractivity contribution >= 4 is 5.91 Å². The molecule has 0 bridgehead atoms. The number of aryl methyl sites for hydroxylation is 2. The molecule has 5 rings (SSSR count). The predicted molar refractivity (Wildman–Crippen MR) is 148 cm³/mol. The molecule has 9 heteroatoms. The first-order chi connectivity index (χ1) is 18.9. The molecular weight excluding hydrogens is 494 g/mol. The van der Waals surface area contributed by atoms with Crippen LogP contribution in [0.1, 0.15) is 61.7 Å². The van der Waals surface area contributed by atoms with Crippen LogP contribution in [0.4, 0.5) is 0 Å². The molecular formula is C30H33N5O4. The number of hydrogen-bond donors (Lipinski definition) is 2. The number of aromatic nitrogens is 4. The van der Waals surface area contributed by atoms with Crippen molar-refractivity contribution in [1.29, 1.82) is 0 Å². The highest BCUT2D eigenvalue weighted by molar-refractivity contribution is 5.80. The number of hydrogen-bond acceptors (Lipinski definition) is 6. The molecule has 9 nitrogen and oxygen atoms in total. The fourth-order valence-electron chi connectivity index (χ4n) is 4.76. The van der Waals surface area contributed by atoms with Gasteiger partial charge in [0.05, 0.1) is 6.54 Å².